The molecule has 3 N–H and O–H groups in total. The molecule has 0 amide bonds. The Balaban J connectivity index is 2.71. The fourth-order valence-electron chi connectivity index (χ4n) is 1.60. The van der Waals surface area contributed by atoms with Crippen LogP contribution in [-0.4, -0.2) is 21.8 Å². The van der Waals surface area contributed by atoms with E-state index in [1.165, 1.54) is 5.69 Å². The lowest BCUT2D eigenvalue weighted by Crippen LogP contribution is -2.40. The fourth-order valence-corrected chi connectivity index (χ4v) is 1.60. The number of aliphatic hydroxyl groups excluding tert-OH is 1. The summed E-state index contributed by atoms with van der Waals surface area (Å²) < 4.78 is 2.09. The van der Waals surface area contributed by atoms with Crippen LogP contribution in [0.25, 0.3) is 0 Å². The summed E-state index contributed by atoms with van der Waals surface area (Å²) in [6.07, 6.45) is 2.49. The highest BCUT2D eigenvalue weighted by Gasteiger charge is 2.17. The second-order valence-corrected chi connectivity index (χ2v) is 4.74. The van der Waals surface area contributed by atoms with Crippen LogP contribution < -0.4 is 5.73 Å². The van der Waals surface area contributed by atoms with E-state index in [4.69, 9.17) is 10.8 Å². The average molecular weight is 234 g/mol. The van der Waals surface area contributed by atoms with Gasteiger partial charge in [0, 0.05) is 24.7 Å². The summed E-state index contributed by atoms with van der Waals surface area (Å²) in [7, 11) is 2.02. The first-order chi connectivity index (χ1) is 8.00. The van der Waals surface area contributed by atoms with E-state index in [1.807, 2.05) is 27.0 Å². The summed E-state index contributed by atoms with van der Waals surface area (Å²) in [6.45, 7) is 3.92. The van der Waals surface area contributed by atoms with Gasteiger partial charge in [-0.3, -0.25) is 0 Å². The Morgan fingerprint density at radius 3 is 2.76 bits per heavy atom. The van der Waals surface area contributed by atoms with E-state index in [0.717, 1.165) is 25.0 Å². The number of nitrogens with two attached hydrogens (primary N) is 1. The van der Waals surface area contributed by atoms with E-state index < -0.39 is 5.54 Å². The molecule has 0 fully saturated rings. The molecular weight excluding hydrogens is 212 g/mol. The number of aliphatic hydroxyl groups is 1. The number of hydrogen-bond acceptors (Lipinski definition) is 2. The summed E-state index contributed by atoms with van der Waals surface area (Å²) in [5.74, 6) is 6.19. The standard InChI is InChI=1S/C14H22N2O/c1-4-5-6-12-7-8-13(16(12)3)9-10-14(2,15)11-17/h7-8,17H,4,9-11,15H2,1-3H3/t14-/m1/s1. The predicted molar refractivity (Wildman–Crippen MR) is 70.6 cm³/mol. The van der Waals surface area contributed by atoms with Crippen molar-refractivity contribution in [2.24, 2.45) is 12.8 Å². The van der Waals surface area contributed by atoms with Gasteiger partial charge in [0.25, 0.3) is 0 Å². The van der Waals surface area contributed by atoms with E-state index >= 15 is 0 Å². The Morgan fingerprint density at radius 2 is 2.18 bits per heavy atom. The lowest BCUT2D eigenvalue weighted by atomic mass is 9.97. The third-order valence-electron chi connectivity index (χ3n) is 2.93. The molecule has 1 rings (SSSR count). The van der Waals surface area contributed by atoms with E-state index in [1.54, 1.807) is 0 Å². The molecule has 0 aliphatic carbocycles. The van der Waals surface area contributed by atoms with Gasteiger partial charge in [-0.2, -0.15) is 0 Å². The molecule has 3 heteroatoms. The first-order valence-corrected chi connectivity index (χ1v) is 6.03. The van der Waals surface area contributed by atoms with Crippen molar-refractivity contribution in [3.8, 4) is 11.8 Å². The summed E-state index contributed by atoms with van der Waals surface area (Å²) in [5, 5.41) is 9.11. The molecule has 0 aromatic carbocycles. The molecule has 0 aliphatic heterocycles. The first-order valence-electron chi connectivity index (χ1n) is 6.03. The molecule has 1 aromatic heterocycles. The third kappa shape index (κ3) is 3.92. The zero-order chi connectivity index (χ0) is 12.9. The maximum Gasteiger partial charge on any atom is 0.0919 e. The van der Waals surface area contributed by atoms with Crippen molar-refractivity contribution in [2.45, 2.75) is 38.6 Å². The molecule has 94 valence electrons. The molecule has 17 heavy (non-hydrogen) atoms. The summed E-state index contributed by atoms with van der Waals surface area (Å²) >= 11 is 0. The van der Waals surface area contributed by atoms with Crippen molar-refractivity contribution in [3.05, 3.63) is 23.5 Å². The van der Waals surface area contributed by atoms with Crippen molar-refractivity contribution >= 4 is 0 Å². The molecule has 0 spiro atoms. The molecule has 1 atom stereocenters. The molecule has 0 bridgehead atoms. The molecule has 0 saturated heterocycles. The third-order valence-corrected chi connectivity index (χ3v) is 2.93. The van der Waals surface area contributed by atoms with Gasteiger partial charge in [-0.25, -0.2) is 0 Å². The van der Waals surface area contributed by atoms with Gasteiger partial charge in [0.15, 0.2) is 0 Å². The Bertz CT molecular complexity index is 421. The maximum atomic E-state index is 9.11. The SMILES string of the molecule is CCC#Cc1ccc(CC[C@@](C)(N)CO)n1C. The fraction of sp³-hybridized carbons (Fsp3) is 0.571. The summed E-state index contributed by atoms with van der Waals surface area (Å²) in [4.78, 5) is 0. The maximum absolute atomic E-state index is 9.11. The predicted octanol–water partition coefficient (Wildman–Crippen LogP) is 1.43. The molecule has 0 radical (unpaired) electrons. The van der Waals surface area contributed by atoms with Crippen molar-refractivity contribution < 1.29 is 5.11 Å². The van der Waals surface area contributed by atoms with Crippen molar-refractivity contribution in [3.63, 3.8) is 0 Å². The Labute approximate surface area is 104 Å². The number of aryl methyl sites for hydroxylation is 1. The minimum Gasteiger partial charge on any atom is -0.394 e. The van der Waals surface area contributed by atoms with Gasteiger partial charge >= 0.3 is 0 Å². The van der Waals surface area contributed by atoms with Crippen LogP contribution in [0.2, 0.25) is 0 Å². The van der Waals surface area contributed by atoms with Gasteiger partial charge in [0.05, 0.1) is 12.3 Å². The molecule has 0 aliphatic rings. The van der Waals surface area contributed by atoms with Gasteiger partial charge < -0.3 is 15.4 Å². The van der Waals surface area contributed by atoms with E-state index in [-0.39, 0.29) is 6.61 Å². The molecule has 3 nitrogen and oxygen atoms in total. The lowest BCUT2D eigenvalue weighted by molar-refractivity contribution is 0.200. The molecule has 1 heterocycles. The van der Waals surface area contributed by atoms with Gasteiger partial charge in [-0.05, 0) is 37.8 Å². The molecular formula is C14H22N2O. The normalized spacial score (nSPS) is 13.9. The number of rotatable bonds is 4. The largest absolute Gasteiger partial charge is 0.394 e. The van der Waals surface area contributed by atoms with Gasteiger partial charge in [0.2, 0.25) is 0 Å². The van der Waals surface area contributed by atoms with E-state index in [9.17, 15) is 0 Å². The minimum atomic E-state index is -0.500. The highest BCUT2D eigenvalue weighted by molar-refractivity contribution is 5.32. The van der Waals surface area contributed by atoms with Crippen molar-refractivity contribution in [1.82, 2.24) is 4.57 Å². The van der Waals surface area contributed by atoms with Crippen LogP contribution in [0, 0.1) is 11.8 Å². The summed E-state index contributed by atoms with van der Waals surface area (Å²) in [5.41, 5.74) is 7.65. The van der Waals surface area contributed by atoms with E-state index in [0.29, 0.717) is 0 Å². The highest BCUT2D eigenvalue weighted by atomic mass is 16.3. The smallest absolute Gasteiger partial charge is 0.0919 e. The zero-order valence-electron chi connectivity index (χ0n) is 11.0. The molecule has 0 saturated carbocycles. The summed E-state index contributed by atoms with van der Waals surface area (Å²) in [6, 6.07) is 4.11. The van der Waals surface area contributed by atoms with Crippen LogP contribution in [0.5, 0.6) is 0 Å². The highest BCUT2D eigenvalue weighted by Crippen LogP contribution is 2.13. The Morgan fingerprint density at radius 1 is 1.47 bits per heavy atom. The number of hydrogen-bond donors (Lipinski definition) is 2. The van der Waals surface area contributed by atoms with Gasteiger partial charge in [-0.1, -0.05) is 12.8 Å². The van der Waals surface area contributed by atoms with E-state index in [2.05, 4.69) is 22.5 Å². The van der Waals surface area contributed by atoms with Gasteiger partial charge in [-0.15, -0.1) is 0 Å². The van der Waals surface area contributed by atoms with Crippen molar-refractivity contribution in [2.75, 3.05) is 6.61 Å². The van der Waals surface area contributed by atoms with Gasteiger partial charge in [0.1, 0.15) is 0 Å². The Kier molecular flexibility index (Phi) is 4.80. The monoisotopic (exact) mass is 234 g/mol. The lowest BCUT2D eigenvalue weighted by Gasteiger charge is -2.21. The first kappa shape index (κ1) is 13.8. The second-order valence-electron chi connectivity index (χ2n) is 4.74. The zero-order valence-corrected chi connectivity index (χ0v) is 11.0. The second kappa shape index (κ2) is 5.90. The number of nitrogens with zero attached hydrogens (tertiary/aromatic N) is 1. The average Bonchev–Trinajstić information content (AvgIpc) is 2.65. The minimum absolute atomic E-state index is 0.0138. The van der Waals surface area contributed by atoms with Crippen LogP contribution >= 0.6 is 0 Å². The molecule has 1 aromatic rings. The van der Waals surface area contributed by atoms with Crippen LogP contribution in [-0.2, 0) is 13.5 Å². The molecule has 0 unspecified atom stereocenters. The van der Waals surface area contributed by atoms with Crippen LogP contribution in [0.1, 0.15) is 38.1 Å². The van der Waals surface area contributed by atoms with Crippen LogP contribution in [0.3, 0.4) is 0 Å². The topological polar surface area (TPSA) is 51.2 Å². The number of aromatic nitrogens is 1. The Hall–Kier alpha value is -1.24. The van der Waals surface area contributed by atoms with Crippen LogP contribution in [0.15, 0.2) is 12.1 Å². The van der Waals surface area contributed by atoms with Crippen molar-refractivity contribution in [1.29, 1.82) is 0 Å². The van der Waals surface area contributed by atoms with Crippen LogP contribution in [0.4, 0.5) is 0 Å². The quantitative estimate of drug-likeness (QED) is 0.774.